The number of rotatable bonds is 5. The fourth-order valence-electron chi connectivity index (χ4n) is 3.24. The topological polar surface area (TPSA) is 76.9 Å². The van der Waals surface area contributed by atoms with Crippen molar-refractivity contribution < 1.29 is 18.4 Å². The minimum Gasteiger partial charge on any atom is -0.353 e. The van der Waals surface area contributed by atoms with Crippen LogP contribution in [0.2, 0.25) is 5.02 Å². The molecule has 0 aliphatic carbocycles. The summed E-state index contributed by atoms with van der Waals surface area (Å²) in [7, 11) is 0. The molecule has 4 rings (SSSR count). The second kappa shape index (κ2) is 8.91. The van der Waals surface area contributed by atoms with Gasteiger partial charge in [-0.15, -0.1) is 5.10 Å². The molecule has 166 valence electrons. The van der Waals surface area contributed by atoms with Crippen LogP contribution in [0.1, 0.15) is 33.2 Å². The summed E-state index contributed by atoms with van der Waals surface area (Å²) in [5.41, 5.74) is 2.99. The number of ketones is 1. The van der Waals surface area contributed by atoms with Crippen molar-refractivity contribution in [3.8, 4) is 11.3 Å². The van der Waals surface area contributed by atoms with Crippen molar-refractivity contribution in [2.45, 2.75) is 13.8 Å². The molecule has 0 bridgehead atoms. The first-order valence-electron chi connectivity index (χ1n) is 9.83. The van der Waals surface area contributed by atoms with Gasteiger partial charge in [-0.25, -0.2) is 8.78 Å². The SMILES string of the molecule is CC(=O)n1cc(-c2ccc(C)c(C(=O)c3ccc(Nc4ccc(F)cc4F)cc3Cl)c2)nn1. The Labute approximate surface area is 192 Å². The van der Waals surface area contributed by atoms with Crippen LogP contribution in [0, 0.1) is 18.6 Å². The fraction of sp³-hybridized carbons (Fsp3) is 0.0833. The third-order valence-corrected chi connectivity index (χ3v) is 5.33. The summed E-state index contributed by atoms with van der Waals surface area (Å²) in [5, 5.41) is 10.7. The van der Waals surface area contributed by atoms with Crippen LogP contribution >= 0.6 is 11.6 Å². The molecule has 33 heavy (non-hydrogen) atoms. The number of anilines is 2. The molecule has 9 heteroatoms. The lowest BCUT2D eigenvalue weighted by Gasteiger charge is -2.12. The Morgan fingerprint density at radius 1 is 1.00 bits per heavy atom. The van der Waals surface area contributed by atoms with Crippen molar-refractivity contribution in [3.05, 3.63) is 94.1 Å². The van der Waals surface area contributed by atoms with E-state index >= 15 is 0 Å². The van der Waals surface area contributed by atoms with E-state index in [9.17, 15) is 18.4 Å². The number of hydrogen-bond donors (Lipinski definition) is 1. The monoisotopic (exact) mass is 466 g/mol. The average molecular weight is 467 g/mol. The molecule has 0 unspecified atom stereocenters. The molecule has 0 saturated heterocycles. The molecule has 1 aromatic heterocycles. The molecule has 3 aromatic carbocycles. The summed E-state index contributed by atoms with van der Waals surface area (Å²) in [6, 6.07) is 13.0. The van der Waals surface area contributed by atoms with Gasteiger partial charge in [-0.05, 0) is 48.9 Å². The first-order chi connectivity index (χ1) is 15.7. The number of nitrogens with zero attached hydrogens (tertiary/aromatic N) is 3. The van der Waals surface area contributed by atoms with Gasteiger partial charge in [-0.1, -0.05) is 28.9 Å². The van der Waals surface area contributed by atoms with Crippen molar-refractivity contribution in [3.63, 3.8) is 0 Å². The van der Waals surface area contributed by atoms with Crippen LogP contribution in [0.25, 0.3) is 11.3 Å². The van der Waals surface area contributed by atoms with Crippen molar-refractivity contribution in [2.24, 2.45) is 0 Å². The summed E-state index contributed by atoms with van der Waals surface area (Å²) in [4.78, 5) is 24.7. The molecule has 1 heterocycles. The molecule has 1 N–H and O–H groups in total. The Morgan fingerprint density at radius 2 is 1.79 bits per heavy atom. The van der Waals surface area contributed by atoms with Crippen LogP contribution in [-0.2, 0) is 0 Å². The summed E-state index contributed by atoms with van der Waals surface area (Å²) in [6.07, 6.45) is 1.49. The van der Waals surface area contributed by atoms with Crippen LogP contribution in [-0.4, -0.2) is 26.7 Å². The second-order valence-electron chi connectivity index (χ2n) is 7.37. The third kappa shape index (κ3) is 4.65. The normalized spacial score (nSPS) is 10.8. The van der Waals surface area contributed by atoms with Gasteiger partial charge < -0.3 is 5.32 Å². The van der Waals surface area contributed by atoms with E-state index in [-0.39, 0.29) is 28.0 Å². The second-order valence-corrected chi connectivity index (χ2v) is 7.78. The molecule has 0 aliphatic rings. The van der Waals surface area contributed by atoms with Gasteiger partial charge in [-0.2, -0.15) is 4.68 Å². The third-order valence-electron chi connectivity index (χ3n) is 5.02. The highest BCUT2D eigenvalue weighted by Gasteiger charge is 2.18. The van der Waals surface area contributed by atoms with E-state index in [1.165, 1.54) is 31.3 Å². The minimum atomic E-state index is -0.750. The Bertz CT molecular complexity index is 1400. The van der Waals surface area contributed by atoms with Crippen LogP contribution in [0.4, 0.5) is 20.2 Å². The van der Waals surface area contributed by atoms with Crippen LogP contribution in [0.15, 0.2) is 60.8 Å². The van der Waals surface area contributed by atoms with E-state index in [1.807, 2.05) is 0 Å². The number of halogens is 3. The molecule has 4 aromatic rings. The van der Waals surface area contributed by atoms with Crippen molar-refractivity contribution >= 4 is 34.7 Å². The molecule has 0 aliphatic heterocycles. The van der Waals surface area contributed by atoms with Gasteiger partial charge in [0.2, 0.25) is 5.91 Å². The van der Waals surface area contributed by atoms with Gasteiger partial charge in [-0.3, -0.25) is 9.59 Å². The van der Waals surface area contributed by atoms with Gasteiger partial charge in [0.05, 0.1) is 16.9 Å². The Hall–Kier alpha value is -3.91. The molecule has 0 atom stereocenters. The van der Waals surface area contributed by atoms with Gasteiger partial charge in [0.1, 0.15) is 17.3 Å². The van der Waals surface area contributed by atoms with E-state index < -0.39 is 11.6 Å². The molecule has 0 amide bonds. The fourth-order valence-corrected chi connectivity index (χ4v) is 3.51. The molecule has 0 saturated carbocycles. The number of nitrogens with one attached hydrogen (secondary N) is 1. The lowest BCUT2D eigenvalue weighted by atomic mass is 9.96. The maximum Gasteiger partial charge on any atom is 0.245 e. The van der Waals surface area contributed by atoms with Crippen molar-refractivity contribution in [1.29, 1.82) is 0 Å². The van der Waals surface area contributed by atoms with Crippen molar-refractivity contribution in [2.75, 3.05) is 5.32 Å². The zero-order chi connectivity index (χ0) is 23.7. The van der Waals surface area contributed by atoms with Gasteiger partial charge in [0, 0.05) is 35.4 Å². The predicted molar refractivity (Wildman–Crippen MR) is 121 cm³/mol. The van der Waals surface area contributed by atoms with E-state index in [4.69, 9.17) is 11.6 Å². The number of aryl methyl sites for hydroxylation is 1. The maximum atomic E-state index is 13.9. The number of aromatic nitrogens is 3. The zero-order valence-corrected chi connectivity index (χ0v) is 18.3. The molecule has 0 radical (unpaired) electrons. The first-order valence-corrected chi connectivity index (χ1v) is 10.2. The van der Waals surface area contributed by atoms with E-state index in [2.05, 4.69) is 15.6 Å². The average Bonchev–Trinajstić information content (AvgIpc) is 3.26. The summed E-state index contributed by atoms with van der Waals surface area (Å²) < 4.78 is 28.1. The standard InChI is InChI=1S/C24H17ClF2N4O2/c1-13-3-4-15(23-12-31(14(2)32)30-29-23)9-19(13)24(33)18-7-6-17(11-20(18)25)28-22-8-5-16(26)10-21(22)27/h3-12,28H,1-2H3. The first kappa shape index (κ1) is 22.3. The number of hydrogen-bond acceptors (Lipinski definition) is 5. The Kier molecular flexibility index (Phi) is 6.02. The van der Waals surface area contributed by atoms with Crippen LogP contribution < -0.4 is 5.32 Å². The number of benzene rings is 3. The predicted octanol–water partition coefficient (Wildman–Crippen LogP) is 5.82. The van der Waals surface area contributed by atoms with Gasteiger partial charge in [0.25, 0.3) is 0 Å². The Balaban J connectivity index is 1.63. The van der Waals surface area contributed by atoms with Gasteiger partial charge >= 0.3 is 0 Å². The summed E-state index contributed by atoms with van der Waals surface area (Å²) in [6.45, 7) is 3.16. The number of carbonyl (C=O) groups is 2. The van der Waals surface area contributed by atoms with Crippen molar-refractivity contribution in [1.82, 2.24) is 15.0 Å². The van der Waals surface area contributed by atoms with E-state index in [0.29, 0.717) is 22.5 Å². The lowest BCUT2D eigenvalue weighted by Crippen LogP contribution is -2.06. The smallest absolute Gasteiger partial charge is 0.245 e. The molecule has 6 nitrogen and oxygen atoms in total. The molecular formula is C24H17ClF2N4O2. The summed E-state index contributed by atoms with van der Waals surface area (Å²) in [5.74, 6) is -2.02. The number of carbonyl (C=O) groups excluding carboxylic acids is 2. The highest BCUT2D eigenvalue weighted by Crippen LogP contribution is 2.29. The quantitative estimate of drug-likeness (QED) is 0.375. The minimum absolute atomic E-state index is 0.0775. The van der Waals surface area contributed by atoms with Crippen LogP contribution in [0.3, 0.4) is 0 Å². The molecule has 0 fully saturated rings. The van der Waals surface area contributed by atoms with E-state index in [1.54, 1.807) is 31.2 Å². The lowest BCUT2D eigenvalue weighted by molar-refractivity contribution is 0.0918. The largest absolute Gasteiger partial charge is 0.353 e. The summed E-state index contributed by atoms with van der Waals surface area (Å²) >= 11 is 6.37. The highest BCUT2D eigenvalue weighted by molar-refractivity contribution is 6.35. The molecule has 0 spiro atoms. The van der Waals surface area contributed by atoms with Crippen LogP contribution in [0.5, 0.6) is 0 Å². The Morgan fingerprint density at radius 3 is 2.45 bits per heavy atom. The van der Waals surface area contributed by atoms with E-state index in [0.717, 1.165) is 22.4 Å². The highest BCUT2D eigenvalue weighted by atomic mass is 35.5. The molecular weight excluding hydrogens is 450 g/mol. The van der Waals surface area contributed by atoms with Gasteiger partial charge in [0.15, 0.2) is 5.78 Å². The maximum absolute atomic E-state index is 13.9. The zero-order valence-electron chi connectivity index (χ0n) is 17.6.